The van der Waals surface area contributed by atoms with Crippen LogP contribution in [0.1, 0.15) is 13.8 Å². The summed E-state index contributed by atoms with van der Waals surface area (Å²) in [5.74, 6) is 0.370. The third-order valence-electron chi connectivity index (χ3n) is 1.79. The first-order valence-electron chi connectivity index (χ1n) is 4.48. The van der Waals surface area contributed by atoms with E-state index in [2.05, 4.69) is 20.8 Å². The molecule has 0 saturated heterocycles. The Bertz CT molecular complexity index is 308. The van der Waals surface area contributed by atoms with Crippen LogP contribution in [0.3, 0.4) is 0 Å². The normalized spacial score (nSPS) is 12.1. The quantitative estimate of drug-likeness (QED) is 0.543. The second kappa shape index (κ2) is 4.50. The Kier molecular flexibility index (Phi) is 3.33. The summed E-state index contributed by atoms with van der Waals surface area (Å²) in [5, 5.41) is 12.0. The van der Waals surface area contributed by atoms with Gasteiger partial charge in [0.2, 0.25) is 5.91 Å². The number of aromatic amines is 1. The van der Waals surface area contributed by atoms with Crippen molar-refractivity contribution in [2.75, 3.05) is 17.6 Å². The van der Waals surface area contributed by atoms with Crippen molar-refractivity contribution >= 4 is 17.4 Å². The minimum atomic E-state index is -0.324. The first kappa shape index (κ1) is 10.4. The number of nitrogen functional groups attached to an aromatic ring is 1. The molecule has 1 unspecified atom stereocenters. The maximum absolute atomic E-state index is 11.3. The number of aromatic nitrogens is 2. The van der Waals surface area contributed by atoms with E-state index in [1.807, 2.05) is 6.92 Å². The van der Waals surface area contributed by atoms with Crippen LogP contribution in [0.15, 0.2) is 6.20 Å². The fraction of sp³-hybridized carbons (Fsp3) is 0.500. The Hall–Kier alpha value is -1.72. The van der Waals surface area contributed by atoms with E-state index in [0.29, 0.717) is 18.1 Å². The first-order chi connectivity index (χ1) is 6.65. The smallest absolute Gasteiger partial charge is 0.242 e. The summed E-state index contributed by atoms with van der Waals surface area (Å²) in [6.45, 7) is 4.25. The third kappa shape index (κ3) is 2.38. The highest BCUT2D eigenvalue weighted by molar-refractivity contribution is 5.84. The molecule has 1 atom stereocenters. The van der Waals surface area contributed by atoms with E-state index < -0.39 is 0 Å². The van der Waals surface area contributed by atoms with E-state index in [4.69, 9.17) is 5.73 Å². The number of H-pyrrole nitrogens is 1. The summed E-state index contributed by atoms with van der Waals surface area (Å²) in [4.78, 5) is 11.3. The Morgan fingerprint density at radius 1 is 1.79 bits per heavy atom. The zero-order valence-corrected chi connectivity index (χ0v) is 8.29. The van der Waals surface area contributed by atoms with Crippen LogP contribution >= 0.6 is 0 Å². The number of hydrogen-bond acceptors (Lipinski definition) is 4. The molecule has 0 fully saturated rings. The van der Waals surface area contributed by atoms with E-state index in [9.17, 15) is 4.79 Å². The van der Waals surface area contributed by atoms with Gasteiger partial charge in [0.25, 0.3) is 0 Å². The molecule has 0 bridgehead atoms. The summed E-state index contributed by atoms with van der Waals surface area (Å²) in [6, 6.07) is -0.324. The monoisotopic (exact) mass is 197 g/mol. The molecule has 1 aromatic rings. The molecule has 1 heterocycles. The number of nitrogens with zero attached hydrogens (tertiary/aromatic N) is 1. The third-order valence-corrected chi connectivity index (χ3v) is 1.79. The lowest BCUT2D eigenvalue weighted by Gasteiger charge is -2.13. The molecule has 1 amide bonds. The summed E-state index contributed by atoms with van der Waals surface area (Å²) in [5.41, 5.74) is 6.19. The van der Waals surface area contributed by atoms with Crippen molar-refractivity contribution < 1.29 is 4.79 Å². The molecule has 0 aliphatic carbocycles. The van der Waals surface area contributed by atoms with Gasteiger partial charge in [-0.1, -0.05) is 0 Å². The number of carbonyl (C=O) groups excluding carboxylic acids is 1. The van der Waals surface area contributed by atoms with Crippen LogP contribution in [0.2, 0.25) is 0 Å². The van der Waals surface area contributed by atoms with Crippen molar-refractivity contribution in [3.63, 3.8) is 0 Å². The lowest BCUT2D eigenvalue weighted by Crippen LogP contribution is -2.37. The van der Waals surface area contributed by atoms with Crippen molar-refractivity contribution in [3.05, 3.63) is 6.20 Å². The number of anilines is 2. The fourth-order valence-corrected chi connectivity index (χ4v) is 1.04. The number of likely N-dealkylation sites (N-methyl/N-ethyl adjacent to an activating group) is 1. The van der Waals surface area contributed by atoms with Crippen LogP contribution < -0.4 is 16.4 Å². The highest BCUT2D eigenvalue weighted by atomic mass is 16.2. The summed E-state index contributed by atoms with van der Waals surface area (Å²) < 4.78 is 0. The van der Waals surface area contributed by atoms with Crippen LogP contribution in [-0.2, 0) is 4.79 Å². The molecule has 6 nitrogen and oxygen atoms in total. The van der Waals surface area contributed by atoms with Gasteiger partial charge in [-0.15, -0.1) is 0 Å². The average molecular weight is 197 g/mol. The van der Waals surface area contributed by atoms with E-state index in [1.165, 1.54) is 0 Å². The van der Waals surface area contributed by atoms with E-state index >= 15 is 0 Å². The van der Waals surface area contributed by atoms with Crippen LogP contribution in [-0.4, -0.2) is 28.7 Å². The molecule has 6 heteroatoms. The number of nitrogens with one attached hydrogen (secondary N) is 3. The van der Waals surface area contributed by atoms with Gasteiger partial charge < -0.3 is 16.4 Å². The van der Waals surface area contributed by atoms with Crippen LogP contribution in [0.25, 0.3) is 0 Å². The maximum Gasteiger partial charge on any atom is 0.242 e. The molecule has 14 heavy (non-hydrogen) atoms. The van der Waals surface area contributed by atoms with Gasteiger partial charge in [-0.05, 0) is 13.8 Å². The standard InChI is InChI=1S/C8H15N5O/c1-3-10-8(14)5(2)12-6-4-11-13-7(6)9/h4-5,12H,3H2,1-2H3,(H,10,14)(H3,9,11,13). The van der Waals surface area contributed by atoms with Crippen LogP contribution in [0, 0.1) is 0 Å². The highest BCUT2D eigenvalue weighted by Gasteiger charge is 2.12. The second-order valence-electron chi connectivity index (χ2n) is 2.96. The number of nitrogens with two attached hydrogens (primary N) is 1. The molecule has 0 aliphatic heterocycles. The first-order valence-corrected chi connectivity index (χ1v) is 4.48. The minimum absolute atomic E-state index is 0.0619. The SMILES string of the molecule is CCNC(=O)C(C)Nc1cn[nH]c1N. The van der Waals surface area contributed by atoms with Gasteiger partial charge in [-0.25, -0.2) is 0 Å². The van der Waals surface area contributed by atoms with E-state index in [0.717, 1.165) is 0 Å². The fourth-order valence-electron chi connectivity index (χ4n) is 1.04. The second-order valence-corrected chi connectivity index (χ2v) is 2.96. The zero-order chi connectivity index (χ0) is 10.6. The van der Waals surface area contributed by atoms with Gasteiger partial charge in [0, 0.05) is 6.54 Å². The molecule has 0 radical (unpaired) electrons. The molecular formula is C8H15N5O. The molecule has 0 saturated carbocycles. The topological polar surface area (TPSA) is 95.8 Å². The molecule has 1 aromatic heterocycles. The van der Waals surface area contributed by atoms with Gasteiger partial charge >= 0.3 is 0 Å². The predicted molar refractivity (Wildman–Crippen MR) is 54.8 cm³/mol. The van der Waals surface area contributed by atoms with Crippen molar-refractivity contribution in [3.8, 4) is 0 Å². The van der Waals surface area contributed by atoms with Gasteiger partial charge in [-0.3, -0.25) is 9.89 Å². The molecule has 1 rings (SSSR count). The summed E-state index contributed by atoms with van der Waals surface area (Å²) in [7, 11) is 0. The minimum Gasteiger partial charge on any atom is -0.382 e. The van der Waals surface area contributed by atoms with Gasteiger partial charge in [-0.2, -0.15) is 5.10 Å². The molecule has 0 aliphatic rings. The number of carbonyl (C=O) groups is 1. The molecule has 78 valence electrons. The average Bonchev–Trinajstić information content (AvgIpc) is 2.52. The van der Waals surface area contributed by atoms with E-state index in [-0.39, 0.29) is 11.9 Å². The Morgan fingerprint density at radius 2 is 2.50 bits per heavy atom. The number of amides is 1. The summed E-state index contributed by atoms with van der Waals surface area (Å²) >= 11 is 0. The molecule has 5 N–H and O–H groups in total. The number of rotatable bonds is 4. The lowest BCUT2D eigenvalue weighted by molar-refractivity contribution is -0.121. The number of hydrogen-bond donors (Lipinski definition) is 4. The van der Waals surface area contributed by atoms with Gasteiger partial charge in [0.1, 0.15) is 11.9 Å². The van der Waals surface area contributed by atoms with Gasteiger partial charge in [0.05, 0.1) is 11.9 Å². The van der Waals surface area contributed by atoms with Crippen molar-refractivity contribution in [1.82, 2.24) is 15.5 Å². The highest BCUT2D eigenvalue weighted by Crippen LogP contribution is 2.13. The lowest BCUT2D eigenvalue weighted by atomic mass is 10.3. The Balaban J connectivity index is 2.52. The Labute approximate surface area is 82.3 Å². The Morgan fingerprint density at radius 3 is 3.00 bits per heavy atom. The summed E-state index contributed by atoms with van der Waals surface area (Å²) in [6.07, 6.45) is 1.55. The molecular weight excluding hydrogens is 182 g/mol. The molecule has 0 aromatic carbocycles. The molecule has 0 spiro atoms. The van der Waals surface area contributed by atoms with Crippen molar-refractivity contribution in [2.45, 2.75) is 19.9 Å². The largest absolute Gasteiger partial charge is 0.382 e. The van der Waals surface area contributed by atoms with Crippen LogP contribution in [0.5, 0.6) is 0 Å². The van der Waals surface area contributed by atoms with Crippen LogP contribution in [0.4, 0.5) is 11.5 Å². The zero-order valence-electron chi connectivity index (χ0n) is 8.29. The van der Waals surface area contributed by atoms with Crippen molar-refractivity contribution in [2.24, 2.45) is 0 Å². The van der Waals surface area contributed by atoms with E-state index in [1.54, 1.807) is 13.1 Å². The predicted octanol–water partition coefficient (Wildman–Crippen LogP) is -0.0716. The maximum atomic E-state index is 11.3. The van der Waals surface area contributed by atoms with Gasteiger partial charge in [0.15, 0.2) is 0 Å². The van der Waals surface area contributed by atoms with Crippen molar-refractivity contribution in [1.29, 1.82) is 0 Å².